The Hall–Kier alpha value is -2.86. The molecule has 3 aromatic rings. The van der Waals surface area contributed by atoms with E-state index in [1.165, 1.54) is 11.8 Å². The van der Waals surface area contributed by atoms with Crippen LogP contribution in [0.15, 0.2) is 64.7 Å². The molecule has 1 aromatic heterocycles. The minimum atomic E-state index is -0.413. The van der Waals surface area contributed by atoms with E-state index in [9.17, 15) is 9.59 Å². The molecule has 0 radical (unpaired) electrons. The maximum absolute atomic E-state index is 13.0. The smallest absolute Gasteiger partial charge is 0.287 e. The second-order valence-electron chi connectivity index (χ2n) is 7.07. The van der Waals surface area contributed by atoms with E-state index in [2.05, 4.69) is 10.3 Å². The summed E-state index contributed by atoms with van der Waals surface area (Å²) in [4.78, 5) is 30.1. The first-order valence-corrected chi connectivity index (χ1v) is 10.5. The van der Waals surface area contributed by atoms with Crippen LogP contribution in [0.25, 0.3) is 5.69 Å². The van der Waals surface area contributed by atoms with Crippen LogP contribution in [-0.2, 0) is 4.79 Å². The second-order valence-corrected chi connectivity index (χ2v) is 8.26. The lowest BCUT2D eigenvalue weighted by molar-refractivity contribution is -0.115. The van der Waals surface area contributed by atoms with Crippen molar-refractivity contribution in [1.29, 1.82) is 0 Å². The highest BCUT2D eigenvalue weighted by atomic mass is 32.2. The minimum Gasteiger partial charge on any atom is -0.325 e. The molecule has 2 aromatic carbocycles. The highest BCUT2D eigenvalue weighted by molar-refractivity contribution is 8.00. The standard InChI is InChI=1S/C23H25N3O2S/c1-5-20(21(27)25-19-14-16(3)9-10-17(19)4)29-22-23(28)26(12-11-24-22)18-8-6-7-15(2)13-18/h6-14,20H,5H2,1-4H3,(H,25,27). The average molecular weight is 408 g/mol. The Morgan fingerprint density at radius 2 is 1.90 bits per heavy atom. The molecule has 0 aliphatic rings. The number of rotatable bonds is 6. The number of nitrogens with one attached hydrogen (secondary N) is 1. The minimum absolute atomic E-state index is 0.127. The number of hydrogen-bond acceptors (Lipinski definition) is 4. The van der Waals surface area contributed by atoms with E-state index in [0.29, 0.717) is 11.4 Å². The Morgan fingerprint density at radius 1 is 1.14 bits per heavy atom. The molecule has 150 valence electrons. The summed E-state index contributed by atoms with van der Waals surface area (Å²) in [6, 6.07) is 13.7. The lowest BCUT2D eigenvalue weighted by atomic mass is 10.1. The molecule has 0 saturated carbocycles. The van der Waals surface area contributed by atoms with Gasteiger partial charge in [-0.15, -0.1) is 0 Å². The normalized spacial score (nSPS) is 11.9. The molecule has 3 rings (SSSR count). The van der Waals surface area contributed by atoms with Crippen molar-refractivity contribution in [3.05, 3.63) is 81.9 Å². The van der Waals surface area contributed by atoms with Gasteiger partial charge in [-0.25, -0.2) is 4.98 Å². The van der Waals surface area contributed by atoms with Gasteiger partial charge in [0.25, 0.3) is 5.56 Å². The van der Waals surface area contributed by atoms with E-state index >= 15 is 0 Å². The Morgan fingerprint density at radius 3 is 2.62 bits per heavy atom. The monoisotopic (exact) mass is 407 g/mol. The van der Waals surface area contributed by atoms with Gasteiger partial charge in [0.1, 0.15) is 0 Å². The van der Waals surface area contributed by atoms with Crippen molar-refractivity contribution in [1.82, 2.24) is 9.55 Å². The van der Waals surface area contributed by atoms with E-state index in [0.717, 1.165) is 28.1 Å². The number of aromatic nitrogens is 2. The number of amides is 1. The van der Waals surface area contributed by atoms with Crippen LogP contribution in [0.3, 0.4) is 0 Å². The Kier molecular flexibility index (Phi) is 6.54. The fraction of sp³-hybridized carbons (Fsp3) is 0.261. The maximum atomic E-state index is 13.0. The predicted molar refractivity (Wildman–Crippen MR) is 119 cm³/mol. The van der Waals surface area contributed by atoms with Crippen molar-refractivity contribution in [2.24, 2.45) is 0 Å². The molecular formula is C23H25N3O2S. The van der Waals surface area contributed by atoms with Gasteiger partial charge in [-0.3, -0.25) is 14.2 Å². The van der Waals surface area contributed by atoms with Gasteiger partial charge < -0.3 is 5.32 Å². The zero-order valence-electron chi connectivity index (χ0n) is 17.1. The van der Waals surface area contributed by atoms with Gasteiger partial charge in [-0.2, -0.15) is 0 Å². The quantitative estimate of drug-likeness (QED) is 0.603. The van der Waals surface area contributed by atoms with Crippen LogP contribution in [0.5, 0.6) is 0 Å². The highest BCUT2D eigenvalue weighted by Crippen LogP contribution is 2.24. The number of benzene rings is 2. The molecule has 1 unspecified atom stereocenters. The summed E-state index contributed by atoms with van der Waals surface area (Å²) >= 11 is 1.21. The third-order valence-electron chi connectivity index (χ3n) is 4.66. The van der Waals surface area contributed by atoms with Crippen LogP contribution < -0.4 is 10.9 Å². The van der Waals surface area contributed by atoms with Crippen molar-refractivity contribution in [2.75, 3.05) is 5.32 Å². The second kappa shape index (κ2) is 9.09. The largest absolute Gasteiger partial charge is 0.325 e. The Labute approximate surface area is 175 Å². The van der Waals surface area contributed by atoms with Crippen LogP contribution in [0.4, 0.5) is 5.69 Å². The fourth-order valence-corrected chi connectivity index (χ4v) is 3.92. The van der Waals surface area contributed by atoms with Crippen LogP contribution in [0.2, 0.25) is 0 Å². The van der Waals surface area contributed by atoms with Gasteiger partial charge in [0.2, 0.25) is 5.91 Å². The molecule has 5 nitrogen and oxygen atoms in total. The van der Waals surface area contributed by atoms with Crippen molar-refractivity contribution >= 4 is 23.4 Å². The number of carbonyl (C=O) groups excluding carboxylic acids is 1. The molecule has 29 heavy (non-hydrogen) atoms. The molecule has 0 saturated heterocycles. The third kappa shape index (κ3) is 4.95. The predicted octanol–water partition coefficient (Wildman–Crippen LogP) is 4.67. The first-order chi connectivity index (χ1) is 13.9. The summed E-state index contributed by atoms with van der Waals surface area (Å²) in [6.07, 6.45) is 3.83. The maximum Gasteiger partial charge on any atom is 0.287 e. The summed E-state index contributed by atoms with van der Waals surface area (Å²) in [7, 11) is 0. The average Bonchev–Trinajstić information content (AvgIpc) is 2.70. The van der Waals surface area contributed by atoms with Crippen LogP contribution >= 0.6 is 11.8 Å². The van der Waals surface area contributed by atoms with Gasteiger partial charge in [0, 0.05) is 23.8 Å². The molecule has 6 heteroatoms. The first kappa shape index (κ1) is 20.9. The van der Waals surface area contributed by atoms with Gasteiger partial charge in [0.05, 0.1) is 5.25 Å². The summed E-state index contributed by atoms with van der Waals surface area (Å²) < 4.78 is 1.57. The zero-order chi connectivity index (χ0) is 21.0. The van der Waals surface area contributed by atoms with E-state index < -0.39 is 5.25 Å². The Bertz CT molecular complexity index is 1090. The van der Waals surface area contributed by atoms with E-state index in [-0.39, 0.29) is 11.5 Å². The van der Waals surface area contributed by atoms with Crippen LogP contribution in [-0.4, -0.2) is 20.7 Å². The third-order valence-corrected chi connectivity index (χ3v) is 5.99. The molecule has 0 fully saturated rings. The van der Waals surface area contributed by atoms with E-state index in [1.807, 2.05) is 70.2 Å². The summed E-state index contributed by atoms with van der Waals surface area (Å²) in [5, 5.41) is 2.90. The van der Waals surface area contributed by atoms with E-state index in [1.54, 1.807) is 17.0 Å². The van der Waals surface area contributed by atoms with Crippen LogP contribution in [0, 0.1) is 20.8 Å². The molecule has 1 heterocycles. The molecule has 0 aliphatic carbocycles. The molecule has 1 N–H and O–H groups in total. The number of hydrogen-bond donors (Lipinski definition) is 1. The molecule has 0 bridgehead atoms. The molecular weight excluding hydrogens is 382 g/mol. The van der Waals surface area contributed by atoms with Gasteiger partial charge in [0.15, 0.2) is 5.03 Å². The summed E-state index contributed by atoms with van der Waals surface area (Å²) in [5.74, 6) is -0.127. The van der Waals surface area contributed by atoms with Gasteiger partial charge >= 0.3 is 0 Å². The van der Waals surface area contributed by atoms with Crippen molar-refractivity contribution in [3.8, 4) is 5.69 Å². The summed E-state index contributed by atoms with van der Waals surface area (Å²) in [5.41, 5.74) is 4.51. The van der Waals surface area contributed by atoms with Crippen molar-refractivity contribution in [2.45, 2.75) is 44.4 Å². The topological polar surface area (TPSA) is 64.0 Å². The number of anilines is 1. The molecule has 0 spiro atoms. The molecule has 1 atom stereocenters. The Balaban J connectivity index is 1.84. The highest BCUT2D eigenvalue weighted by Gasteiger charge is 2.21. The van der Waals surface area contributed by atoms with Crippen LogP contribution in [0.1, 0.15) is 30.0 Å². The number of carbonyl (C=O) groups is 1. The summed E-state index contributed by atoms with van der Waals surface area (Å²) in [6.45, 7) is 7.86. The lowest BCUT2D eigenvalue weighted by Gasteiger charge is -2.16. The van der Waals surface area contributed by atoms with Crippen molar-refractivity contribution in [3.63, 3.8) is 0 Å². The number of thioether (sulfide) groups is 1. The van der Waals surface area contributed by atoms with Gasteiger partial charge in [-0.05, 0) is 62.1 Å². The SMILES string of the molecule is CCC(Sc1nccn(-c2cccc(C)c2)c1=O)C(=O)Nc1cc(C)ccc1C. The van der Waals surface area contributed by atoms with E-state index in [4.69, 9.17) is 0 Å². The van der Waals surface area contributed by atoms with Gasteiger partial charge in [-0.1, -0.05) is 43.0 Å². The molecule has 0 aliphatic heterocycles. The molecule has 1 amide bonds. The zero-order valence-corrected chi connectivity index (χ0v) is 17.9. The first-order valence-electron chi connectivity index (χ1n) is 9.58. The lowest BCUT2D eigenvalue weighted by Crippen LogP contribution is -2.28. The number of nitrogens with zero attached hydrogens (tertiary/aromatic N) is 2. The van der Waals surface area contributed by atoms with Crippen molar-refractivity contribution < 1.29 is 4.79 Å². The fourth-order valence-electron chi connectivity index (χ4n) is 3.00. The number of aryl methyl sites for hydroxylation is 3.